The van der Waals surface area contributed by atoms with E-state index in [1.54, 1.807) is 17.7 Å². The highest BCUT2D eigenvalue weighted by Crippen LogP contribution is 2.26. The Hall–Kier alpha value is -2.64. The SMILES string of the molecule is Cc1cn([C@H]2CCCN(Cc3cccc(Oc4cccc(Br)c4)c3)C2)c(=O)[nH]c1=O. The normalized spacial score (nSPS) is 17.1. The monoisotopic (exact) mass is 469 g/mol. The van der Waals surface area contributed by atoms with E-state index in [2.05, 4.69) is 37.9 Å². The van der Waals surface area contributed by atoms with E-state index in [0.29, 0.717) is 5.56 Å². The van der Waals surface area contributed by atoms with Crippen LogP contribution in [-0.4, -0.2) is 27.5 Å². The van der Waals surface area contributed by atoms with E-state index in [4.69, 9.17) is 4.74 Å². The Labute approximate surface area is 183 Å². The van der Waals surface area contributed by atoms with Crippen molar-refractivity contribution < 1.29 is 4.74 Å². The Morgan fingerprint density at radius 2 is 1.90 bits per heavy atom. The third-order valence-corrected chi connectivity index (χ3v) is 5.85. The fraction of sp³-hybridized carbons (Fsp3) is 0.304. The number of benzene rings is 2. The highest BCUT2D eigenvalue weighted by molar-refractivity contribution is 9.10. The number of H-pyrrole nitrogens is 1. The van der Waals surface area contributed by atoms with Crippen molar-refractivity contribution in [1.29, 1.82) is 0 Å². The molecular weight excluding hydrogens is 446 g/mol. The molecule has 0 bridgehead atoms. The highest BCUT2D eigenvalue weighted by atomic mass is 79.9. The van der Waals surface area contributed by atoms with E-state index in [1.165, 1.54) is 0 Å². The van der Waals surface area contributed by atoms with Gasteiger partial charge in [0.25, 0.3) is 5.56 Å². The summed E-state index contributed by atoms with van der Waals surface area (Å²) in [5.41, 5.74) is 1.07. The van der Waals surface area contributed by atoms with Crippen molar-refractivity contribution in [1.82, 2.24) is 14.5 Å². The number of aromatic nitrogens is 2. The largest absolute Gasteiger partial charge is 0.457 e. The van der Waals surface area contributed by atoms with Gasteiger partial charge in [-0.1, -0.05) is 34.1 Å². The van der Waals surface area contributed by atoms with Crippen LogP contribution in [0.5, 0.6) is 11.5 Å². The predicted molar refractivity (Wildman–Crippen MR) is 120 cm³/mol. The zero-order chi connectivity index (χ0) is 21.1. The topological polar surface area (TPSA) is 67.3 Å². The van der Waals surface area contributed by atoms with Gasteiger partial charge in [0.15, 0.2) is 0 Å². The van der Waals surface area contributed by atoms with Gasteiger partial charge in [-0.2, -0.15) is 0 Å². The van der Waals surface area contributed by atoms with Crippen LogP contribution in [0.1, 0.15) is 30.0 Å². The van der Waals surface area contributed by atoms with Gasteiger partial charge in [0.2, 0.25) is 0 Å². The molecule has 7 heteroatoms. The summed E-state index contributed by atoms with van der Waals surface area (Å²) in [5.74, 6) is 1.58. The zero-order valence-electron chi connectivity index (χ0n) is 16.8. The fourth-order valence-corrected chi connectivity index (χ4v) is 4.27. The minimum absolute atomic E-state index is 0.0582. The lowest BCUT2D eigenvalue weighted by Gasteiger charge is -2.33. The number of nitrogens with one attached hydrogen (secondary N) is 1. The molecule has 156 valence electrons. The van der Waals surface area contributed by atoms with Gasteiger partial charge in [0.1, 0.15) is 11.5 Å². The summed E-state index contributed by atoms with van der Waals surface area (Å²) in [6.45, 7) is 4.25. The molecule has 2 aromatic carbocycles. The predicted octanol–water partition coefficient (Wildman–Crippen LogP) is 4.24. The average molecular weight is 470 g/mol. The standard InChI is InChI=1S/C23H24BrN3O3/c1-16-13-27(23(29)25-22(16)28)19-7-4-10-26(15-19)14-17-5-2-8-20(11-17)30-21-9-3-6-18(24)12-21/h2-3,5-6,8-9,11-13,19H,4,7,10,14-15H2,1H3,(H,25,28,29)/t19-/m0/s1. The zero-order valence-corrected chi connectivity index (χ0v) is 18.4. The Morgan fingerprint density at radius 3 is 2.70 bits per heavy atom. The van der Waals surface area contributed by atoms with E-state index >= 15 is 0 Å². The van der Waals surface area contributed by atoms with Crippen molar-refractivity contribution in [3.8, 4) is 11.5 Å². The number of rotatable bonds is 5. The molecule has 4 rings (SSSR count). The van der Waals surface area contributed by atoms with Gasteiger partial charge in [-0.25, -0.2) is 4.79 Å². The molecule has 1 aromatic heterocycles. The minimum Gasteiger partial charge on any atom is -0.457 e. The lowest BCUT2D eigenvalue weighted by atomic mass is 10.0. The van der Waals surface area contributed by atoms with Gasteiger partial charge in [-0.15, -0.1) is 0 Å². The second-order valence-electron chi connectivity index (χ2n) is 7.72. The third-order valence-electron chi connectivity index (χ3n) is 5.36. The molecule has 1 N–H and O–H groups in total. The number of aromatic amines is 1. The van der Waals surface area contributed by atoms with Gasteiger partial charge in [-0.05, 0) is 62.2 Å². The molecular formula is C23H24BrN3O3. The van der Waals surface area contributed by atoms with Crippen molar-refractivity contribution in [2.24, 2.45) is 0 Å². The van der Waals surface area contributed by atoms with E-state index in [9.17, 15) is 9.59 Å². The van der Waals surface area contributed by atoms with Gasteiger partial charge in [0.05, 0.1) is 6.04 Å². The van der Waals surface area contributed by atoms with Gasteiger partial charge in [0, 0.05) is 29.3 Å². The number of nitrogens with zero attached hydrogens (tertiary/aromatic N) is 2. The lowest BCUT2D eigenvalue weighted by Crippen LogP contribution is -2.41. The number of aryl methyl sites for hydroxylation is 1. The number of hydrogen-bond donors (Lipinski definition) is 1. The molecule has 1 atom stereocenters. The summed E-state index contributed by atoms with van der Waals surface area (Å²) < 4.78 is 8.64. The minimum atomic E-state index is -0.332. The molecule has 3 aromatic rings. The molecule has 2 heterocycles. The third kappa shape index (κ3) is 4.91. The first kappa shape index (κ1) is 20.6. The van der Waals surface area contributed by atoms with Crippen LogP contribution >= 0.6 is 15.9 Å². The smallest absolute Gasteiger partial charge is 0.328 e. The van der Waals surface area contributed by atoms with Crippen molar-refractivity contribution in [3.63, 3.8) is 0 Å². The summed E-state index contributed by atoms with van der Waals surface area (Å²) in [6, 6.07) is 15.9. The first-order chi connectivity index (χ1) is 14.5. The van der Waals surface area contributed by atoms with E-state index in [1.807, 2.05) is 36.4 Å². The fourth-order valence-electron chi connectivity index (χ4n) is 3.89. The van der Waals surface area contributed by atoms with Crippen molar-refractivity contribution in [2.75, 3.05) is 13.1 Å². The van der Waals surface area contributed by atoms with Crippen molar-refractivity contribution >= 4 is 15.9 Å². The second kappa shape index (κ2) is 9.02. The first-order valence-corrected chi connectivity index (χ1v) is 10.8. The molecule has 0 spiro atoms. The summed E-state index contributed by atoms with van der Waals surface area (Å²) in [5, 5.41) is 0. The lowest BCUT2D eigenvalue weighted by molar-refractivity contribution is 0.167. The molecule has 0 radical (unpaired) electrons. The molecule has 0 saturated carbocycles. The van der Waals surface area contributed by atoms with E-state index in [-0.39, 0.29) is 17.3 Å². The Balaban J connectivity index is 1.46. The van der Waals surface area contributed by atoms with Crippen LogP contribution in [0.4, 0.5) is 0 Å². The van der Waals surface area contributed by atoms with Crippen LogP contribution in [0.15, 0.2) is 68.8 Å². The number of likely N-dealkylation sites (tertiary alicyclic amines) is 1. The van der Waals surface area contributed by atoms with Crippen molar-refractivity contribution in [2.45, 2.75) is 32.4 Å². The molecule has 30 heavy (non-hydrogen) atoms. The van der Waals surface area contributed by atoms with Crippen LogP contribution < -0.4 is 16.0 Å². The molecule has 1 aliphatic rings. The number of halogens is 1. The average Bonchev–Trinajstić information content (AvgIpc) is 2.71. The van der Waals surface area contributed by atoms with Crippen LogP contribution in [0.25, 0.3) is 0 Å². The Morgan fingerprint density at radius 1 is 1.13 bits per heavy atom. The summed E-state index contributed by atoms with van der Waals surface area (Å²) in [4.78, 5) is 28.7. The molecule has 0 amide bonds. The number of ether oxygens (including phenoxy) is 1. The van der Waals surface area contributed by atoms with Crippen molar-refractivity contribution in [3.05, 3.63) is 91.2 Å². The first-order valence-electron chi connectivity index (χ1n) is 10.0. The number of piperidine rings is 1. The van der Waals surface area contributed by atoms with Gasteiger partial charge >= 0.3 is 5.69 Å². The molecule has 6 nitrogen and oxygen atoms in total. The van der Waals surface area contributed by atoms with Gasteiger partial charge < -0.3 is 4.74 Å². The summed E-state index contributed by atoms with van der Waals surface area (Å²) >= 11 is 3.46. The Bertz CT molecular complexity index is 1150. The molecule has 0 unspecified atom stereocenters. The highest BCUT2D eigenvalue weighted by Gasteiger charge is 2.22. The molecule has 1 aliphatic heterocycles. The van der Waals surface area contributed by atoms with E-state index in [0.717, 1.165) is 54.0 Å². The van der Waals surface area contributed by atoms with Crippen LogP contribution in [0.2, 0.25) is 0 Å². The number of hydrogen-bond acceptors (Lipinski definition) is 4. The maximum Gasteiger partial charge on any atom is 0.328 e. The maximum atomic E-state index is 12.3. The summed E-state index contributed by atoms with van der Waals surface area (Å²) in [6.07, 6.45) is 3.61. The van der Waals surface area contributed by atoms with Crippen LogP contribution in [0, 0.1) is 6.92 Å². The maximum absolute atomic E-state index is 12.3. The van der Waals surface area contributed by atoms with E-state index < -0.39 is 0 Å². The summed E-state index contributed by atoms with van der Waals surface area (Å²) in [7, 11) is 0. The second-order valence-corrected chi connectivity index (χ2v) is 8.63. The molecule has 1 fully saturated rings. The van der Waals surface area contributed by atoms with Crippen LogP contribution in [0.3, 0.4) is 0 Å². The quantitative estimate of drug-likeness (QED) is 0.606. The van der Waals surface area contributed by atoms with Gasteiger partial charge in [-0.3, -0.25) is 19.2 Å². The molecule has 1 saturated heterocycles. The Kier molecular flexibility index (Phi) is 6.20. The van der Waals surface area contributed by atoms with Crippen LogP contribution in [-0.2, 0) is 6.54 Å². The molecule has 0 aliphatic carbocycles.